The van der Waals surface area contributed by atoms with Crippen LogP contribution in [0.15, 0.2) is 65.6 Å². The Morgan fingerprint density at radius 1 is 1.07 bits per heavy atom. The van der Waals surface area contributed by atoms with E-state index in [1.165, 1.54) is 47.2 Å². The number of nitrogens with zero attached hydrogens (tertiary/aromatic N) is 1. The average Bonchev–Trinajstić information content (AvgIpc) is 3.16. The highest BCUT2D eigenvalue weighted by Gasteiger charge is 2.27. The topological polar surface area (TPSA) is 69.6 Å². The van der Waals surface area contributed by atoms with Gasteiger partial charge in [-0.2, -0.15) is 0 Å². The molecule has 1 aliphatic heterocycles. The number of ether oxygens (including phenoxy) is 2. The van der Waals surface area contributed by atoms with Crippen LogP contribution in [-0.4, -0.2) is 16.0 Å². The van der Waals surface area contributed by atoms with E-state index in [0.29, 0.717) is 24.6 Å². The largest absolute Gasteiger partial charge is 0.487 e. The Labute approximate surface area is 174 Å². The van der Waals surface area contributed by atoms with E-state index in [4.69, 9.17) is 16.3 Å². The van der Waals surface area contributed by atoms with Gasteiger partial charge in [-0.3, -0.25) is 14.2 Å². The van der Waals surface area contributed by atoms with Gasteiger partial charge in [-0.25, -0.2) is 0 Å². The van der Waals surface area contributed by atoms with Crippen LogP contribution < -0.4 is 15.6 Å². The molecule has 154 valence electrons. The van der Waals surface area contributed by atoms with Crippen molar-refractivity contribution < 1.29 is 23.0 Å². The number of rotatable bonds is 5. The van der Waals surface area contributed by atoms with E-state index < -0.39 is 11.5 Å². The first-order valence-electron chi connectivity index (χ1n) is 8.88. The molecule has 0 aliphatic carbocycles. The number of pyridine rings is 1. The Morgan fingerprint density at radius 3 is 2.53 bits per heavy atom. The molecule has 1 amide bonds. The second kappa shape index (κ2) is 7.89. The average molecular weight is 433 g/mol. The number of carbonyl (C=O) groups is 1. The van der Waals surface area contributed by atoms with Gasteiger partial charge in [0.1, 0.15) is 5.75 Å². The van der Waals surface area contributed by atoms with Crippen molar-refractivity contribution in [2.75, 3.05) is 5.32 Å². The van der Waals surface area contributed by atoms with Crippen LogP contribution in [0.1, 0.15) is 21.5 Å². The molecule has 0 saturated carbocycles. The smallest absolute Gasteiger partial charge is 0.420 e. The molecule has 0 radical (unpaired) electrons. The normalized spacial score (nSPS) is 13.0. The fourth-order valence-corrected chi connectivity index (χ4v) is 3.16. The summed E-state index contributed by atoms with van der Waals surface area (Å²) in [6, 6.07) is 13.6. The Balaban J connectivity index is 1.54. The van der Waals surface area contributed by atoms with Crippen LogP contribution in [0.4, 0.5) is 14.5 Å². The Morgan fingerprint density at radius 2 is 1.80 bits per heavy atom. The molecule has 0 fully saturated rings. The molecule has 1 N–H and O–H groups in total. The fraction of sp³-hybridized carbons (Fsp3) is 0.143. The summed E-state index contributed by atoms with van der Waals surface area (Å²) in [6.07, 6.45) is 1.45. The van der Waals surface area contributed by atoms with Crippen molar-refractivity contribution in [1.29, 1.82) is 0 Å². The maximum atomic E-state index is 12.7. The number of aromatic nitrogens is 1. The zero-order chi connectivity index (χ0) is 21.3. The first-order chi connectivity index (χ1) is 14.3. The van der Waals surface area contributed by atoms with E-state index in [1.807, 2.05) is 12.1 Å². The summed E-state index contributed by atoms with van der Waals surface area (Å²) in [4.78, 5) is 24.9. The van der Waals surface area contributed by atoms with Crippen molar-refractivity contribution in [2.24, 2.45) is 0 Å². The number of halogens is 3. The number of hydrogen-bond donors (Lipinski definition) is 1. The summed E-state index contributed by atoms with van der Waals surface area (Å²) >= 11 is 4.72. The zero-order valence-corrected chi connectivity index (χ0v) is 16.2. The molecule has 0 spiro atoms. The molecular weight excluding hydrogens is 418 g/mol. The summed E-state index contributed by atoms with van der Waals surface area (Å²) in [5.74, 6) is -0.619. The molecule has 1 aliphatic rings. The lowest BCUT2D eigenvalue weighted by Crippen LogP contribution is -2.21. The van der Waals surface area contributed by atoms with Crippen molar-refractivity contribution in [2.45, 2.75) is 18.8 Å². The molecule has 1 aromatic heterocycles. The second-order valence-corrected chi connectivity index (χ2v) is 7.04. The Bertz CT molecular complexity index is 1160. The second-order valence-electron chi connectivity index (χ2n) is 6.60. The van der Waals surface area contributed by atoms with Gasteiger partial charge in [0.2, 0.25) is 0 Å². The van der Waals surface area contributed by atoms with Crippen molar-refractivity contribution in [3.63, 3.8) is 0 Å². The van der Waals surface area contributed by atoms with Gasteiger partial charge in [0.15, 0.2) is 0 Å². The van der Waals surface area contributed by atoms with E-state index in [2.05, 4.69) is 10.1 Å². The van der Waals surface area contributed by atoms with E-state index in [0.717, 1.165) is 11.1 Å². The molecule has 9 heteroatoms. The number of benzene rings is 2. The quantitative estimate of drug-likeness (QED) is 0.611. The molecule has 0 atom stereocenters. The molecular formula is C21H15ClF2N2O4. The molecule has 30 heavy (non-hydrogen) atoms. The van der Waals surface area contributed by atoms with Gasteiger partial charge >= 0.3 is 5.57 Å². The lowest BCUT2D eigenvalue weighted by molar-refractivity contribution is -0.0964. The van der Waals surface area contributed by atoms with E-state index in [1.54, 1.807) is 6.07 Å². The molecule has 0 bridgehead atoms. The maximum Gasteiger partial charge on any atom is 0.487 e. The summed E-state index contributed by atoms with van der Waals surface area (Å²) in [5.41, 5.74) is -0.797. The van der Waals surface area contributed by atoms with Crippen LogP contribution in [0.3, 0.4) is 0 Å². The first-order valence-corrected chi connectivity index (χ1v) is 9.26. The van der Waals surface area contributed by atoms with Crippen LogP contribution in [0.25, 0.3) is 5.69 Å². The third kappa shape index (κ3) is 4.50. The minimum absolute atomic E-state index is 0.151. The van der Waals surface area contributed by atoms with Gasteiger partial charge in [0.25, 0.3) is 11.5 Å². The van der Waals surface area contributed by atoms with Crippen molar-refractivity contribution in [1.82, 2.24) is 4.57 Å². The van der Waals surface area contributed by atoms with Crippen LogP contribution in [0.5, 0.6) is 5.75 Å². The van der Waals surface area contributed by atoms with Crippen LogP contribution in [0, 0.1) is 0 Å². The monoisotopic (exact) mass is 432 g/mol. The van der Waals surface area contributed by atoms with Crippen molar-refractivity contribution in [3.05, 3.63) is 87.8 Å². The van der Waals surface area contributed by atoms with Gasteiger partial charge in [-0.15, -0.1) is 8.78 Å². The minimum atomic E-state index is -3.82. The summed E-state index contributed by atoms with van der Waals surface area (Å²) < 4.78 is 36.3. The third-order valence-corrected chi connectivity index (χ3v) is 4.58. The SMILES string of the molecule is O=C(Nc1ccc(OC(F)(F)Cl)cc1)c1ccc(=O)n(-c2ccc3c(c2)COC3)c1. The Hall–Kier alpha value is -3.23. The van der Waals surface area contributed by atoms with Gasteiger partial charge < -0.3 is 14.8 Å². The van der Waals surface area contributed by atoms with Crippen molar-refractivity contribution in [3.8, 4) is 11.4 Å². The number of carbonyl (C=O) groups excluding carboxylic acids is 1. The van der Waals surface area contributed by atoms with Gasteiger partial charge in [0.05, 0.1) is 18.8 Å². The highest BCUT2D eigenvalue weighted by Crippen LogP contribution is 2.26. The minimum Gasteiger partial charge on any atom is -0.420 e. The van der Waals surface area contributed by atoms with Gasteiger partial charge in [-0.05, 0) is 53.6 Å². The van der Waals surface area contributed by atoms with Crippen LogP contribution in [-0.2, 0) is 18.0 Å². The molecule has 2 aromatic carbocycles. The molecule has 4 rings (SSSR count). The highest BCUT2D eigenvalue weighted by atomic mass is 35.5. The van der Waals surface area contributed by atoms with Crippen LogP contribution >= 0.6 is 11.6 Å². The maximum absolute atomic E-state index is 12.7. The number of anilines is 1. The molecule has 3 aromatic rings. The summed E-state index contributed by atoms with van der Waals surface area (Å²) in [5, 5.41) is 2.64. The standard InChI is InChI=1S/C21H15ClF2N2O4/c22-21(23,24)30-18-6-3-16(4-7-18)25-20(28)13-2-8-19(27)26(10-13)17-5-1-14-11-29-12-15(14)9-17/h1-10H,11-12H2,(H,25,28). The predicted octanol–water partition coefficient (Wildman–Crippen LogP) is 4.29. The number of amides is 1. The molecule has 2 heterocycles. The summed E-state index contributed by atoms with van der Waals surface area (Å²) in [7, 11) is 0. The lowest BCUT2D eigenvalue weighted by Gasteiger charge is -2.12. The van der Waals surface area contributed by atoms with Crippen LogP contribution in [0.2, 0.25) is 0 Å². The predicted molar refractivity (Wildman–Crippen MR) is 106 cm³/mol. The van der Waals surface area contributed by atoms with E-state index in [-0.39, 0.29) is 16.9 Å². The number of alkyl halides is 3. The first kappa shape index (κ1) is 20.1. The van der Waals surface area contributed by atoms with E-state index >= 15 is 0 Å². The molecule has 0 unspecified atom stereocenters. The summed E-state index contributed by atoms with van der Waals surface area (Å²) in [6.45, 7) is 1.02. The molecule has 6 nitrogen and oxygen atoms in total. The van der Waals surface area contributed by atoms with Gasteiger partial charge in [0, 0.05) is 35.2 Å². The number of nitrogens with one attached hydrogen (secondary N) is 1. The van der Waals surface area contributed by atoms with Gasteiger partial charge in [-0.1, -0.05) is 6.07 Å². The van der Waals surface area contributed by atoms with E-state index in [9.17, 15) is 18.4 Å². The molecule has 0 saturated heterocycles. The van der Waals surface area contributed by atoms with Crippen molar-refractivity contribution >= 4 is 23.2 Å². The Kier molecular flexibility index (Phi) is 5.27. The number of hydrogen-bond acceptors (Lipinski definition) is 4. The number of fused-ring (bicyclic) bond motifs is 1. The highest BCUT2D eigenvalue weighted by molar-refractivity contribution is 6.20. The third-order valence-electron chi connectivity index (χ3n) is 4.50. The zero-order valence-electron chi connectivity index (χ0n) is 15.4. The fourth-order valence-electron chi connectivity index (χ4n) is 3.07. The lowest BCUT2D eigenvalue weighted by atomic mass is 10.1.